The van der Waals surface area contributed by atoms with E-state index in [1.165, 1.54) is 116 Å². The van der Waals surface area contributed by atoms with Crippen LogP contribution in [0.5, 0.6) is 0 Å². The SMILES string of the molecule is CC(C)c1ccc2c(c1)[Si]1(c3cc(C(C)C)ccc3-2)c2ccc3c4c2-n2c5c(cc(C(C)(C)C)cc5c5cc(C(C)(C)C)cc1c52)B4c1cc(C(C)(C)C)cc2c4cc(C(C)(C)C)ccc4n-3c12. The molecule has 2 aromatic heterocycles. The summed E-state index contributed by atoms with van der Waals surface area (Å²) in [6.07, 6.45) is 0. The summed E-state index contributed by atoms with van der Waals surface area (Å²) in [5.41, 5.74) is 24.0. The van der Waals surface area contributed by atoms with E-state index in [1.807, 2.05) is 0 Å². The fraction of sp³-hybridized carbons (Fsp3) is 0.344. The lowest BCUT2D eigenvalue weighted by atomic mass is 9.34. The first-order chi connectivity index (χ1) is 31.9. The van der Waals surface area contributed by atoms with Gasteiger partial charge in [-0.05, 0) is 152 Å². The van der Waals surface area contributed by atoms with Crippen LogP contribution < -0.4 is 37.1 Å². The van der Waals surface area contributed by atoms with Crippen LogP contribution in [0.3, 0.4) is 0 Å². The van der Waals surface area contributed by atoms with Crippen LogP contribution in [0.1, 0.15) is 156 Å². The largest absolute Gasteiger partial charge is 0.310 e. The molecule has 13 rings (SSSR count). The van der Waals surface area contributed by atoms with Gasteiger partial charge < -0.3 is 9.13 Å². The molecule has 9 aromatic rings. The van der Waals surface area contributed by atoms with Crippen molar-refractivity contribution in [1.29, 1.82) is 0 Å². The van der Waals surface area contributed by atoms with E-state index in [0.717, 1.165) is 0 Å². The summed E-state index contributed by atoms with van der Waals surface area (Å²) in [5.74, 6) is 0.831. The summed E-state index contributed by atoms with van der Waals surface area (Å²) in [5, 5.41) is 11.9. The Kier molecular flexibility index (Phi) is 8.12. The van der Waals surface area contributed by atoms with Crippen molar-refractivity contribution in [2.75, 3.05) is 0 Å². The molecular weight excluding hydrogens is 836 g/mol. The fourth-order valence-electron chi connectivity index (χ4n) is 13.4. The molecule has 6 heterocycles. The van der Waals surface area contributed by atoms with Gasteiger partial charge in [0.1, 0.15) is 0 Å². The lowest BCUT2D eigenvalue weighted by Crippen LogP contribution is -2.77. The van der Waals surface area contributed by atoms with Gasteiger partial charge in [-0.3, -0.25) is 0 Å². The number of fused-ring (bicyclic) bond motifs is 14. The third-order valence-corrected chi connectivity index (χ3v) is 22.1. The normalized spacial score (nSPS) is 15.4. The third-order valence-electron chi connectivity index (χ3n) is 17.2. The Labute approximate surface area is 405 Å². The van der Waals surface area contributed by atoms with Gasteiger partial charge in [-0.15, -0.1) is 0 Å². The molecule has 0 aliphatic carbocycles. The molecule has 0 bridgehead atoms. The van der Waals surface area contributed by atoms with Crippen LogP contribution >= 0.6 is 0 Å². The number of hydrogen-bond acceptors (Lipinski definition) is 0. The average Bonchev–Trinajstić information content (AvgIpc) is 3.88. The quantitative estimate of drug-likeness (QED) is 0.153. The summed E-state index contributed by atoms with van der Waals surface area (Å²) < 4.78 is 5.55. The maximum absolute atomic E-state index is 3.04. The molecule has 0 radical (unpaired) electrons. The predicted molar refractivity (Wildman–Crippen MR) is 299 cm³/mol. The van der Waals surface area contributed by atoms with E-state index < -0.39 is 8.07 Å². The average molecular weight is 903 g/mol. The summed E-state index contributed by atoms with van der Waals surface area (Å²) in [7, 11) is -3.04. The Hall–Kier alpha value is -5.58. The molecule has 68 heavy (non-hydrogen) atoms. The van der Waals surface area contributed by atoms with Crippen LogP contribution in [-0.2, 0) is 21.7 Å². The van der Waals surface area contributed by atoms with E-state index in [-0.39, 0.29) is 28.4 Å². The van der Waals surface area contributed by atoms with Crippen molar-refractivity contribution in [2.24, 2.45) is 0 Å². The number of hydrogen-bond donors (Lipinski definition) is 0. The zero-order chi connectivity index (χ0) is 47.8. The fourth-order valence-corrected chi connectivity index (χ4v) is 19.0. The minimum absolute atomic E-state index is 0.0293. The summed E-state index contributed by atoms with van der Waals surface area (Å²) in [4.78, 5) is 0. The second kappa shape index (κ2) is 13.0. The molecule has 0 saturated heterocycles. The lowest BCUT2D eigenvalue weighted by Gasteiger charge is -2.43. The zero-order valence-corrected chi connectivity index (χ0v) is 44.4. The topological polar surface area (TPSA) is 9.86 Å². The van der Waals surface area contributed by atoms with Crippen LogP contribution in [0, 0.1) is 0 Å². The van der Waals surface area contributed by atoms with Crippen LogP contribution in [-0.4, -0.2) is 23.9 Å². The number of rotatable bonds is 2. The molecule has 4 aliphatic heterocycles. The minimum atomic E-state index is -3.04. The summed E-state index contributed by atoms with van der Waals surface area (Å²) in [6, 6.07) is 43.7. The van der Waals surface area contributed by atoms with Crippen molar-refractivity contribution in [3.63, 3.8) is 0 Å². The van der Waals surface area contributed by atoms with E-state index >= 15 is 0 Å². The first-order valence-electron chi connectivity index (χ1n) is 25.7. The van der Waals surface area contributed by atoms with Crippen molar-refractivity contribution in [1.82, 2.24) is 9.13 Å². The second-order valence-electron chi connectivity index (χ2n) is 26.2. The molecule has 0 amide bonds. The highest BCUT2D eigenvalue weighted by molar-refractivity contribution is 7.24. The van der Waals surface area contributed by atoms with E-state index in [4.69, 9.17) is 0 Å². The Morgan fingerprint density at radius 1 is 0.412 bits per heavy atom. The van der Waals surface area contributed by atoms with Gasteiger partial charge in [0, 0.05) is 44.0 Å². The van der Waals surface area contributed by atoms with Crippen molar-refractivity contribution >= 4 is 95.5 Å². The molecule has 340 valence electrons. The number of aromatic nitrogens is 2. The first-order valence-corrected chi connectivity index (χ1v) is 27.7. The highest BCUT2D eigenvalue weighted by Crippen LogP contribution is 2.46. The van der Waals surface area contributed by atoms with Gasteiger partial charge in [0.25, 0.3) is 6.71 Å². The van der Waals surface area contributed by atoms with Crippen molar-refractivity contribution in [3.8, 4) is 22.5 Å². The molecule has 0 unspecified atom stereocenters. The summed E-state index contributed by atoms with van der Waals surface area (Å²) in [6.45, 7) is 38.4. The van der Waals surface area contributed by atoms with E-state index in [9.17, 15) is 0 Å². The van der Waals surface area contributed by atoms with Gasteiger partial charge in [-0.25, -0.2) is 0 Å². The van der Waals surface area contributed by atoms with Crippen molar-refractivity contribution in [3.05, 3.63) is 137 Å². The maximum atomic E-state index is 2.84. The molecule has 2 nitrogen and oxygen atoms in total. The second-order valence-corrected chi connectivity index (χ2v) is 29.9. The molecular formula is C64H67BN2Si. The molecule has 4 heteroatoms. The van der Waals surface area contributed by atoms with Crippen molar-refractivity contribution in [2.45, 2.75) is 144 Å². The Morgan fingerprint density at radius 3 is 1.40 bits per heavy atom. The first kappa shape index (κ1) is 42.5. The maximum Gasteiger partial charge on any atom is 0.252 e. The standard InChI is InChI=1S/C64H67BN2Si/c1-34(2)36-17-20-42-43-21-18-37(35(3)4)26-54(43)68(53(42)25-36)52-24-23-51-56-60(52)67-58-46(47-30-41(64(14,15)16)33-55(68)59(47)67)29-40(63(11,12)13)32-49(58)65(56)48-31-39(62(8,9)10)28-45-44-27-38(61(5,6)7)19-22-50(44)66(51)57(45)48/h17-35H,1-16H3. The van der Waals surface area contributed by atoms with Crippen LogP contribution in [0.2, 0.25) is 0 Å². The summed E-state index contributed by atoms with van der Waals surface area (Å²) >= 11 is 0. The minimum Gasteiger partial charge on any atom is -0.310 e. The number of nitrogens with zero attached hydrogens (tertiary/aromatic N) is 2. The molecule has 4 aliphatic rings. The Balaban J connectivity index is 1.31. The molecule has 0 atom stereocenters. The molecule has 1 spiro atoms. The van der Waals surface area contributed by atoms with Gasteiger partial charge in [0.15, 0.2) is 8.07 Å². The molecule has 0 saturated carbocycles. The predicted octanol–water partition coefficient (Wildman–Crippen LogP) is 12.1. The van der Waals surface area contributed by atoms with Gasteiger partial charge in [0.2, 0.25) is 0 Å². The van der Waals surface area contributed by atoms with E-state index in [2.05, 4.69) is 223 Å². The van der Waals surface area contributed by atoms with E-state index in [1.54, 1.807) is 20.7 Å². The molecule has 0 N–H and O–H groups in total. The zero-order valence-electron chi connectivity index (χ0n) is 43.4. The Bertz CT molecular complexity index is 3720. The highest BCUT2D eigenvalue weighted by Gasteiger charge is 2.57. The monoisotopic (exact) mass is 903 g/mol. The van der Waals surface area contributed by atoms with Gasteiger partial charge in [-0.1, -0.05) is 178 Å². The van der Waals surface area contributed by atoms with Crippen LogP contribution in [0.4, 0.5) is 0 Å². The van der Waals surface area contributed by atoms with Gasteiger partial charge in [-0.2, -0.15) is 0 Å². The smallest absolute Gasteiger partial charge is 0.252 e. The molecule has 0 fully saturated rings. The van der Waals surface area contributed by atoms with Gasteiger partial charge in [0.05, 0.1) is 11.0 Å². The Morgan fingerprint density at radius 2 is 0.882 bits per heavy atom. The van der Waals surface area contributed by atoms with Crippen molar-refractivity contribution < 1.29 is 0 Å². The highest BCUT2D eigenvalue weighted by atomic mass is 28.3. The van der Waals surface area contributed by atoms with E-state index in [0.29, 0.717) is 11.8 Å². The van der Waals surface area contributed by atoms with Crippen LogP contribution in [0.15, 0.2) is 103 Å². The number of benzene rings is 7. The van der Waals surface area contributed by atoms with Crippen LogP contribution in [0.25, 0.3) is 66.1 Å². The molecule has 7 aromatic carbocycles. The van der Waals surface area contributed by atoms with Gasteiger partial charge >= 0.3 is 0 Å². The lowest BCUT2D eigenvalue weighted by molar-refractivity contribution is 0.590. The third kappa shape index (κ3) is 5.21.